The van der Waals surface area contributed by atoms with Gasteiger partial charge in [0.25, 0.3) is 0 Å². The fraction of sp³-hybridized carbons (Fsp3) is 0.154. The van der Waals surface area contributed by atoms with Gasteiger partial charge in [-0.2, -0.15) is 10.5 Å². The molecule has 0 N–H and O–H groups in total. The summed E-state index contributed by atoms with van der Waals surface area (Å²) in [4.78, 5) is 4.33. The van der Waals surface area contributed by atoms with Crippen molar-refractivity contribution in [2.75, 3.05) is 12.9 Å². The molecule has 18 heavy (non-hydrogen) atoms. The Bertz CT molecular complexity index is 604. The van der Waals surface area contributed by atoms with Gasteiger partial charge < -0.3 is 4.74 Å². The van der Waals surface area contributed by atoms with Gasteiger partial charge in [0.05, 0.1) is 12.8 Å². The van der Waals surface area contributed by atoms with Crippen LogP contribution in [-0.4, -0.2) is 18.6 Å². The van der Waals surface area contributed by atoms with E-state index < -0.39 is 0 Å². The molecule has 1 aliphatic rings. The first kappa shape index (κ1) is 12.2. The average Bonchev–Trinajstić information content (AvgIpc) is 2.90. The number of nitrogens with zero attached hydrogens (tertiary/aromatic N) is 3. The van der Waals surface area contributed by atoms with Gasteiger partial charge in [0.2, 0.25) is 0 Å². The standard InChI is InChI=1S/C13H9N3OS/c1-17-11-4-2-3-9(5-11)12-8-18-13(16-12)10(6-14)7-15/h2-5H,8H2,1H3. The van der Waals surface area contributed by atoms with Crippen molar-refractivity contribution in [1.82, 2.24) is 0 Å². The molecule has 2 rings (SSSR count). The highest BCUT2D eigenvalue weighted by molar-refractivity contribution is 8.04. The van der Waals surface area contributed by atoms with E-state index in [0.29, 0.717) is 10.8 Å². The molecule has 0 spiro atoms. The summed E-state index contributed by atoms with van der Waals surface area (Å²) in [6.07, 6.45) is 0. The topological polar surface area (TPSA) is 69.2 Å². The molecular formula is C13H9N3OS. The number of ether oxygens (including phenoxy) is 1. The van der Waals surface area contributed by atoms with Crippen LogP contribution in [0.4, 0.5) is 0 Å². The quantitative estimate of drug-likeness (QED) is 0.761. The first-order valence-corrected chi connectivity index (χ1v) is 6.16. The number of rotatable bonds is 2. The van der Waals surface area contributed by atoms with Crippen LogP contribution in [0.15, 0.2) is 39.9 Å². The molecule has 1 heterocycles. The largest absolute Gasteiger partial charge is 0.497 e. The third kappa shape index (κ3) is 2.37. The van der Waals surface area contributed by atoms with E-state index >= 15 is 0 Å². The van der Waals surface area contributed by atoms with Gasteiger partial charge in [0, 0.05) is 11.3 Å². The SMILES string of the molecule is COc1cccc(C2=NC(=C(C#N)C#N)SC2)c1. The summed E-state index contributed by atoms with van der Waals surface area (Å²) < 4.78 is 5.15. The Morgan fingerprint density at radius 2 is 2.17 bits per heavy atom. The van der Waals surface area contributed by atoms with Crippen molar-refractivity contribution in [2.45, 2.75) is 0 Å². The van der Waals surface area contributed by atoms with E-state index in [-0.39, 0.29) is 5.57 Å². The summed E-state index contributed by atoms with van der Waals surface area (Å²) in [5, 5.41) is 18.1. The van der Waals surface area contributed by atoms with Gasteiger partial charge >= 0.3 is 0 Å². The van der Waals surface area contributed by atoms with Crippen molar-refractivity contribution in [1.29, 1.82) is 10.5 Å². The Morgan fingerprint density at radius 3 is 2.83 bits per heavy atom. The van der Waals surface area contributed by atoms with Crippen LogP contribution in [0.25, 0.3) is 0 Å². The van der Waals surface area contributed by atoms with Gasteiger partial charge in [-0.25, -0.2) is 4.99 Å². The monoisotopic (exact) mass is 255 g/mol. The predicted octanol–water partition coefficient (Wildman–Crippen LogP) is 2.49. The van der Waals surface area contributed by atoms with Crippen LogP contribution in [0.1, 0.15) is 5.56 Å². The van der Waals surface area contributed by atoms with Crippen LogP contribution in [0.2, 0.25) is 0 Å². The lowest BCUT2D eigenvalue weighted by Crippen LogP contribution is -1.99. The van der Waals surface area contributed by atoms with Crippen molar-refractivity contribution >= 4 is 17.5 Å². The lowest BCUT2D eigenvalue weighted by atomic mass is 10.1. The normalized spacial score (nSPS) is 13.5. The zero-order valence-corrected chi connectivity index (χ0v) is 10.5. The number of benzene rings is 1. The number of nitriles is 2. The molecule has 0 aliphatic carbocycles. The van der Waals surface area contributed by atoms with Crippen LogP contribution < -0.4 is 4.74 Å². The summed E-state index contributed by atoms with van der Waals surface area (Å²) in [6, 6.07) is 11.3. The molecule has 5 heteroatoms. The summed E-state index contributed by atoms with van der Waals surface area (Å²) in [7, 11) is 1.61. The van der Waals surface area contributed by atoms with Crippen LogP contribution in [0.5, 0.6) is 5.75 Å². The predicted molar refractivity (Wildman–Crippen MR) is 70.2 cm³/mol. The van der Waals surface area contributed by atoms with Gasteiger partial charge in [0.1, 0.15) is 22.9 Å². The fourth-order valence-electron chi connectivity index (χ4n) is 1.52. The Morgan fingerprint density at radius 1 is 1.39 bits per heavy atom. The van der Waals surface area contributed by atoms with E-state index in [1.807, 2.05) is 36.4 Å². The molecule has 0 radical (unpaired) electrons. The molecule has 0 amide bonds. The number of hydrogen-bond donors (Lipinski definition) is 0. The molecule has 88 valence electrons. The van der Waals surface area contributed by atoms with E-state index in [9.17, 15) is 0 Å². The second-order valence-corrected chi connectivity index (χ2v) is 4.45. The van der Waals surface area contributed by atoms with Crippen LogP contribution >= 0.6 is 11.8 Å². The third-order valence-corrected chi connectivity index (χ3v) is 3.41. The third-order valence-electron chi connectivity index (χ3n) is 2.42. The van der Waals surface area contributed by atoms with Gasteiger partial charge in [-0.15, -0.1) is 0 Å². The first-order valence-electron chi connectivity index (χ1n) is 5.17. The van der Waals surface area contributed by atoms with Gasteiger partial charge in [-0.1, -0.05) is 23.9 Å². The number of aliphatic imine (C=N–C) groups is 1. The summed E-state index contributed by atoms with van der Waals surface area (Å²) in [5.74, 6) is 1.42. The van der Waals surface area contributed by atoms with Gasteiger partial charge in [-0.3, -0.25) is 0 Å². The van der Waals surface area contributed by atoms with Crippen LogP contribution in [0.3, 0.4) is 0 Å². The molecule has 4 nitrogen and oxygen atoms in total. The van der Waals surface area contributed by atoms with Crippen molar-refractivity contribution in [3.05, 3.63) is 40.4 Å². The Kier molecular flexibility index (Phi) is 3.66. The van der Waals surface area contributed by atoms with E-state index in [2.05, 4.69) is 4.99 Å². The Balaban J connectivity index is 2.37. The van der Waals surface area contributed by atoms with E-state index in [0.717, 1.165) is 17.0 Å². The average molecular weight is 255 g/mol. The van der Waals surface area contributed by atoms with E-state index in [1.165, 1.54) is 11.8 Å². The number of thioether (sulfide) groups is 1. The highest BCUT2D eigenvalue weighted by atomic mass is 32.2. The molecule has 0 saturated heterocycles. The maximum Gasteiger partial charge on any atom is 0.161 e. The zero-order chi connectivity index (χ0) is 13.0. The molecule has 0 fully saturated rings. The number of allylic oxidation sites excluding steroid dienone is 1. The maximum atomic E-state index is 8.79. The van der Waals surface area contributed by atoms with Crippen LogP contribution in [0, 0.1) is 22.7 Å². The molecule has 0 atom stereocenters. The smallest absolute Gasteiger partial charge is 0.161 e. The van der Waals surface area contributed by atoms with E-state index in [1.54, 1.807) is 7.11 Å². The molecule has 0 unspecified atom stereocenters. The van der Waals surface area contributed by atoms with Gasteiger partial charge in [0.15, 0.2) is 5.57 Å². The van der Waals surface area contributed by atoms with Gasteiger partial charge in [-0.05, 0) is 12.1 Å². The second kappa shape index (κ2) is 5.39. The lowest BCUT2D eigenvalue weighted by Gasteiger charge is -2.02. The highest BCUT2D eigenvalue weighted by Crippen LogP contribution is 2.30. The number of methoxy groups -OCH3 is 1. The van der Waals surface area contributed by atoms with Crippen molar-refractivity contribution in [3.8, 4) is 17.9 Å². The highest BCUT2D eigenvalue weighted by Gasteiger charge is 2.17. The van der Waals surface area contributed by atoms with Crippen molar-refractivity contribution in [2.24, 2.45) is 4.99 Å². The summed E-state index contributed by atoms with van der Waals surface area (Å²) in [5.41, 5.74) is 1.88. The number of hydrogen-bond acceptors (Lipinski definition) is 5. The minimum Gasteiger partial charge on any atom is -0.497 e. The lowest BCUT2D eigenvalue weighted by molar-refractivity contribution is 0.414. The second-order valence-electron chi connectivity index (χ2n) is 3.48. The Hall–Kier alpha value is -2.24. The van der Waals surface area contributed by atoms with Crippen molar-refractivity contribution < 1.29 is 4.74 Å². The maximum absolute atomic E-state index is 8.79. The first-order chi connectivity index (χ1) is 8.78. The Labute approximate surface area is 109 Å². The minimum atomic E-state index is 0.0675. The summed E-state index contributed by atoms with van der Waals surface area (Å²) in [6.45, 7) is 0. The van der Waals surface area contributed by atoms with Crippen LogP contribution in [-0.2, 0) is 0 Å². The molecule has 1 aromatic carbocycles. The van der Waals surface area contributed by atoms with E-state index in [4.69, 9.17) is 15.3 Å². The molecule has 0 aromatic heterocycles. The zero-order valence-electron chi connectivity index (χ0n) is 9.67. The molecule has 1 aromatic rings. The van der Waals surface area contributed by atoms with Crippen molar-refractivity contribution in [3.63, 3.8) is 0 Å². The molecule has 0 bridgehead atoms. The molecular weight excluding hydrogens is 246 g/mol. The molecule has 0 saturated carbocycles. The molecule has 1 aliphatic heterocycles. The minimum absolute atomic E-state index is 0.0675. The summed E-state index contributed by atoms with van der Waals surface area (Å²) >= 11 is 1.41. The fourth-order valence-corrected chi connectivity index (χ4v) is 2.44.